The Morgan fingerprint density at radius 3 is 1.48 bits per heavy atom. The second-order valence-corrected chi connectivity index (χ2v) is 10.8. The van der Waals surface area contributed by atoms with Crippen molar-refractivity contribution in [3.63, 3.8) is 0 Å². The fraction of sp³-hybridized carbons (Fsp3) is 0.200. The van der Waals surface area contributed by atoms with Crippen molar-refractivity contribution in [1.29, 1.82) is 0 Å². The van der Waals surface area contributed by atoms with Gasteiger partial charge >= 0.3 is 0 Å². The van der Waals surface area contributed by atoms with E-state index in [4.69, 9.17) is 4.74 Å². The molecule has 0 atom stereocenters. The molecule has 0 saturated heterocycles. The summed E-state index contributed by atoms with van der Waals surface area (Å²) in [5, 5.41) is 0. The van der Waals surface area contributed by atoms with E-state index in [1.54, 1.807) is 0 Å². The molecule has 0 saturated carbocycles. The fourth-order valence-electron chi connectivity index (χ4n) is 5.05. The van der Waals surface area contributed by atoms with E-state index < -0.39 is 0 Å². The summed E-state index contributed by atoms with van der Waals surface area (Å²) < 4.78 is 6.00. The summed E-state index contributed by atoms with van der Waals surface area (Å²) >= 11 is 3.86. The largest absolute Gasteiger partial charge is 0.380 e. The van der Waals surface area contributed by atoms with E-state index in [1.807, 2.05) is 23.5 Å². The van der Waals surface area contributed by atoms with Gasteiger partial charge in [-0.15, -0.1) is 23.5 Å². The van der Waals surface area contributed by atoms with Gasteiger partial charge in [0.2, 0.25) is 0 Å². The van der Waals surface area contributed by atoms with Crippen molar-refractivity contribution < 1.29 is 4.74 Å². The summed E-state index contributed by atoms with van der Waals surface area (Å²) in [5.41, 5.74) is 11.5. The minimum Gasteiger partial charge on any atom is -0.380 e. The average molecular weight is 467 g/mol. The summed E-state index contributed by atoms with van der Waals surface area (Å²) in [6.45, 7) is 1.58. The molecule has 6 rings (SSSR count). The minimum absolute atomic E-state index is 0.792. The van der Waals surface area contributed by atoms with Crippen LogP contribution in [-0.2, 0) is 17.6 Å². The van der Waals surface area contributed by atoms with Gasteiger partial charge in [-0.25, -0.2) is 0 Å². The molecule has 33 heavy (non-hydrogen) atoms. The van der Waals surface area contributed by atoms with Crippen LogP contribution in [-0.4, -0.2) is 24.7 Å². The van der Waals surface area contributed by atoms with Crippen LogP contribution in [0.3, 0.4) is 0 Å². The molecule has 0 heterocycles. The third-order valence-corrected chi connectivity index (χ3v) is 8.71. The van der Waals surface area contributed by atoms with Gasteiger partial charge in [-0.05, 0) is 69.5 Å². The molecule has 0 unspecified atom stereocenters. The van der Waals surface area contributed by atoms with Crippen LogP contribution in [0, 0.1) is 0 Å². The molecule has 0 fully saturated rings. The monoisotopic (exact) mass is 466 g/mol. The molecule has 0 spiro atoms. The third-order valence-electron chi connectivity index (χ3n) is 6.59. The third kappa shape index (κ3) is 4.14. The maximum Gasteiger partial charge on any atom is 0.0560 e. The van der Waals surface area contributed by atoms with Crippen molar-refractivity contribution in [3.8, 4) is 22.3 Å². The Balaban J connectivity index is 0.985. The normalized spacial score (nSPS) is 12.8. The lowest BCUT2D eigenvalue weighted by Crippen LogP contribution is -2.02. The highest BCUT2D eigenvalue weighted by Crippen LogP contribution is 2.42. The van der Waals surface area contributed by atoms with Crippen LogP contribution in [0.15, 0.2) is 94.7 Å². The van der Waals surface area contributed by atoms with Crippen LogP contribution >= 0.6 is 23.5 Å². The summed E-state index contributed by atoms with van der Waals surface area (Å²) in [6, 6.07) is 31.0. The van der Waals surface area contributed by atoms with Crippen LogP contribution in [0.1, 0.15) is 22.3 Å². The molecule has 4 aromatic rings. The lowest BCUT2D eigenvalue weighted by Gasteiger charge is -2.10. The van der Waals surface area contributed by atoms with Gasteiger partial charge in [0.1, 0.15) is 0 Å². The van der Waals surface area contributed by atoms with Gasteiger partial charge in [0.05, 0.1) is 13.2 Å². The maximum absolute atomic E-state index is 6.00. The van der Waals surface area contributed by atoms with Gasteiger partial charge in [0.25, 0.3) is 0 Å². The van der Waals surface area contributed by atoms with E-state index in [9.17, 15) is 0 Å². The second-order valence-electron chi connectivity index (χ2n) is 8.54. The number of rotatable bonds is 8. The predicted octanol–water partition coefficient (Wildman–Crippen LogP) is 7.73. The Morgan fingerprint density at radius 2 is 0.970 bits per heavy atom. The lowest BCUT2D eigenvalue weighted by molar-refractivity contribution is 0.167. The highest BCUT2D eigenvalue weighted by molar-refractivity contribution is 7.99. The van der Waals surface area contributed by atoms with Crippen molar-refractivity contribution in [2.24, 2.45) is 0 Å². The molecule has 0 N–H and O–H groups in total. The predicted molar refractivity (Wildman–Crippen MR) is 142 cm³/mol. The molecule has 0 aliphatic heterocycles. The molecule has 0 radical (unpaired) electrons. The van der Waals surface area contributed by atoms with Gasteiger partial charge < -0.3 is 4.74 Å². The molecule has 0 aromatic heterocycles. The number of hydrogen-bond donors (Lipinski definition) is 0. The summed E-state index contributed by atoms with van der Waals surface area (Å²) in [7, 11) is 0. The molecule has 4 aromatic carbocycles. The summed E-state index contributed by atoms with van der Waals surface area (Å²) in [4.78, 5) is 2.81. The van der Waals surface area contributed by atoms with E-state index in [0.29, 0.717) is 0 Å². The first-order valence-electron chi connectivity index (χ1n) is 11.6. The van der Waals surface area contributed by atoms with Crippen molar-refractivity contribution >= 4 is 23.5 Å². The Labute approximate surface area is 204 Å². The molecule has 3 heteroatoms. The van der Waals surface area contributed by atoms with Crippen LogP contribution in [0.4, 0.5) is 0 Å². The van der Waals surface area contributed by atoms with Gasteiger partial charge in [-0.3, -0.25) is 0 Å². The molecule has 0 bridgehead atoms. The SMILES string of the molecule is c1ccc2c(c1)Cc1c(SCCOCCSc3cccc4c3Cc3ccccc3-4)cccc1-2. The van der Waals surface area contributed by atoms with Crippen molar-refractivity contribution in [2.45, 2.75) is 22.6 Å². The number of fused-ring (bicyclic) bond motifs is 6. The van der Waals surface area contributed by atoms with Gasteiger partial charge in [0, 0.05) is 21.3 Å². The van der Waals surface area contributed by atoms with E-state index in [0.717, 1.165) is 37.6 Å². The molecule has 2 aliphatic carbocycles. The number of ether oxygens (including phenoxy) is 1. The zero-order valence-corrected chi connectivity index (χ0v) is 20.2. The molecular formula is C30H26OS2. The lowest BCUT2D eigenvalue weighted by atomic mass is 10.1. The maximum atomic E-state index is 6.00. The quantitative estimate of drug-likeness (QED) is 0.168. The zero-order valence-electron chi connectivity index (χ0n) is 18.6. The molecule has 1 nitrogen and oxygen atoms in total. The van der Waals surface area contributed by atoms with Gasteiger partial charge in [0.15, 0.2) is 0 Å². The second kappa shape index (κ2) is 9.42. The first kappa shape index (κ1) is 21.1. The van der Waals surface area contributed by atoms with Crippen molar-refractivity contribution in [1.82, 2.24) is 0 Å². The molecular weight excluding hydrogens is 440 g/mol. The summed E-state index contributed by atoms with van der Waals surface area (Å²) in [5.74, 6) is 1.99. The van der Waals surface area contributed by atoms with E-state index in [2.05, 4.69) is 84.9 Å². The first-order chi connectivity index (χ1) is 16.4. The van der Waals surface area contributed by atoms with Crippen LogP contribution in [0.2, 0.25) is 0 Å². The van der Waals surface area contributed by atoms with Crippen molar-refractivity contribution in [2.75, 3.05) is 24.7 Å². The Hall–Kier alpha value is -2.46. The minimum atomic E-state index is 0.792. The van der Waals surface area contributed by atoms with Crippen molar-refractivity contribution in [3.05, 3.63) is 107 Å². The molecule has 2 aliphatic rings. The van der Waals surface area contributed by atoms with E-state index >= 15 is 0 Å². The van der Waals surface area contributed by atoms with E-state index in [-0.39, 0.29) is 0 Å². The number of thioether (sulfide) groups is 2. The fourth-order valence-corrected chi connectivity index (χ4v) is 6.95. The molecule has 0 amide bonds. The Morgan fingerprint density at radius 1 is 0.515 bits per heavy atom. The van der Waals surface area contributed by atoms with E-state index in [1.165, 1.54) is 54.3 Å². The molecule has 164 valence electrons. The Bertz CT molecular complexity index is 1210. The highest BCUT2D eigenvalue weighted by atomic mass is 32.2. The summed E-state index contributed by atoms with van der Waals surface area (Å²) in [6.07, 6.45) is 2.11. The zero-order chi connectivity index (χ0) is 22.0. The Kier molecular flexibility index (Phi) is 6.02. The van der Waals surface area contributed by atoms with Crippen LogP contribution in [0.5, 0.6) is 0 Å². The van der Waals surface area contributed by atoms with Crippen LogP contribution < -0.4 is 0 Å². The smallest absolute Gasteiger partial charge is 0.0560 e. The number of benzene rings is 4. The number of hydrogen-bond acceptors (Lipinski definition) is 3. The average Bonchev–Trinajstić information content (AvgIpc) is 3.43. The topological polar surface area (TPSA) is 9.23 Å². The van der Waals surface area contributed by atoms with Gasteiger partial charge in [-0.2, -0.15) is 0 Å². The van der Waals surface area contributed by atoms with Gasteiger partial charge in [-0.1, -0.05) is 72.8 Å². The standard InChI is InChI=1S/C30H26OS2/c1-3-9-23-21(7-1)19-27-25(23)11-5-13-29(27)32-17-15-31-16-18-33-30-14-6-12-26-24-10-4-2-8-22(24)20-28(26)30/h1-14H,15-20H2. The first-order valence-corrected chi connectivity index (χ1v) is 13.6. The van der Waals surface area contributed by atoms with Crippen LogP contribution in [0.25, 0.3) is 22.3 Å². The highest BCUT2D eigenvalue weighted by Gasteiger charge is 2.21.